The quantitative estimate of drug-likeness (QED) is 0.388. The highest BCUT2D eigenvalue weighted by molar-refractivity contribution is 7.89. The minimum atomic E-state index is -3.70. The minimum Gasteiger partial charge on any atom is -0.414 e. The van der Waals surface area contributed by atoms with Crippen molar-refractivity contribution >= 4 is 15.8 Å². The number of benzene rings is 2. The van der Waals surface area contributed by atoms with Gasteiger partial charge >= 0.3 is 0 Å². The van der Waals surface area contributed by atoms with Crippen LogP contribution in [0.5, 0.6) is 0 Å². The number of anilines is 1. The van der Waals surface area contributed by atoms with Crippen LogP contribution in [0.15, 0.2) is 70.1 Å². The number of hydrogen-bond acceptors (Lipinski definition) is 9. The van der Waals surface area contributed by atoms with E-state index in [9.17, 15) is 8.42 Å². The van der Waals surface area contributed by atoms with Crippen molar-refractivity contribution in [3.63, 3.8) is 0 Å². The summed E-state index contributed by atoms with van der Waals surface area (Å²) in [6.45, 7) is -0.352. The molecule has 4 N–H and O–H groups in total. The monoisotopic (exact) mass is 446 g/mol. The first kappa shape index (κ1) is 20.6. The summed E-state index contributed by atoms with van der Waals surface area (Å²) in [4.78, 5) is 8.70. The second-order valence-electron chi connectivity index (χ2n) is 6.41. The summed E-state index contributed by atoms with van der Waals surface area (Å²) in [5.74, 6) is 0.574. The van der Waals surface area contributed by atoms with E-state index in [0.717, 1.165) is 5.56 Å². The number of nitrogens with two attached hydrogens (primary N) is 1. The summed E-state index contributed by atoms with van der Waals surface area (Å²) < 4.78 is 32.3. The molecule has 0 amide bonds. The van der Waals surface area contributed by atoms with Gasteiger partial charge in [-0.05, 0) is 24.3 Å². The standard InChI is InChI=1S/C20H18N6O4S.4H2/c21-18-17(20-26-25-19(30-20)14-4-2-1-3-5-14)24-16(12-22-18)13-6-8-15(9-7-13)31(28,29)23-10-11-27;;;;/h1-9,12,23,27H,10-11H2,(H2,21,22);4*1H. The zero-order valence-electron chi connectivity index (χ0n) is 16.1. The van der Waals surface area contributed by atoms with Gasteiger partial charge in [-0.3, -0.25) is 0 Å². The van der Waals surface area contributed by atoms with Crippen LogP contribution in [0.4, 0.5) is 5.82 Å². The maximum atomic E-state index is 12.1. The molecule has 0 spiro atoms. The Bertz CT molecular complexity index is 1310. The van der Waals surface area contributed by atoms with E-state index in [2.05, 4.69) is 24.9 Å². The van der Waals surface area contributed by atoms with Gasteiger partial charge in [0.15, 0.2) is 11.5 Å². The smallest absolute Gasteiger partial charge is 0.270 e. The average molecular weight is 447 g/mol. The molecule has 0 aliphatic rings. The number of rotatable bonds is 7. The maximum absolute atomic E-state index is 12.1. The fraction of sp³-hybridized carbons (Fsp3) is 0.100. The molecule has 0 unspecified atom stereocenters. The number of nitrogen functional groups attached to an aromatic ring is 1. The number of aromatic nitrogens is 4. The summed E-state index contributed by atoms with van der Waals surface area (Å²) in [6.07, 6.45) is 1.47. The van der Waals surface area contributed by atoms with E-state index < -0.39 is 10.0 Å². The first-order chi connectivity index (χ1) is 15.0. The predicted molar refractivity (Wildman–Crippen MR) is 121 cm³/mol. The van der Waals surface area contributed by atoms with Crippen LogP contribution in [0.25, 0.3) is 34.3 Å². The van der Waals surface area contributed by atoms with Gasteiger partial charge in [0.1, 0.15) is 0 Å². The third-order valence-electron chi connectivity index (χ3n) is 4.31. The zero-order valence-corrected chi connectivity index (χ0v) is 17.0. The molecule has 0 saturated heterocycles. The molecule has 0 saturated carbocycles. The minimum absolute atomic E-state index is 0. The molecule has 2 aromatic heterocycles. The molecule has 0 aliphatic carbocycles. The Kier molecular flexibility index (Phi) is 5.71. The van der Waals surface area contributed by atoms with Crippen molar-refractivity contribution in [2.75, 3.05) is 18.9 Å². The fourth-order valence-electron chi connectivity index (χ4n) is 2.78. The molecule has 2 aromatic carbocycles. The van der Waals surface area contributed by atoms with E-state index in [4.69, 9.17) is 15.3 Å². The molecule has 11 heteroatoms. The van der Waals surface area contributed by atoms with Crippen molar-refractivity contribution in [2.45, 2.75) is 4.90 Å². The van der Waals surface area contributed by atoms with Gasteiger partial charge < -0.3 is 15.3 Å². The van der Waals surface area contributed by atoms with E-state index in [1.807, 2.05) is 30.3 Å². The van der Waals surface area contributed by atoms with Gasteiger partial charge in [-0.1, -0.05) is 30.3 Å². The summed E-state index contributed by atoms with van der Waals surface area (Å²) in [5.41, 5.74) is 8.03. The Morgan fingerprint density at radius 2 is 1.71 bits per heavy atom. The van der Waals surface area contributed by atoms with Gasteiger partial charge in [0.05, 0.1) is 23.4 Å². The Balaban J connectivity index is 0.00000289. The Hall–Kier alpha value is -3.67. The van der Waals surface area contributed by atoms with Crippen LogP contribution in [-0.2, 0) is 10.0 Å². The lowest BCUT2D eigenvalue weighted by molar-refractivity contribution is 0.301. The maximum Gasteiger partial charge on any atom is 0.270 e. The molecule has 31 heavy (non-hydrogen) atoms. The SMILES string of the molecule is Nc1ncc(-c2ccc(S(=O)(=O)NCCO)cc2)nc1-c1nnc(-c2ccccc2)o1.[HH].[HH].[HH].[HH]. The molecule has 0 radical (unpaired) electrons. The van der Waals surface area contributed by atoms with Gasteiger partial charge in [0.2, 0.25) is 15.9 Å². The summed E-state index contributed by atoms with van der Waals surface area (Å²) >= 11 is 0. The molecule has 0 bridgehead atoms. The predicted octanol–water partition coefficient (Wildman–Crippen LogP) is 2.70. The number of hydrogen-bond donors (Lipinski definition) is 3. The zero-order chi connectivity index (χ0) is 21.8. The molecule has 0 atom stereocenters. The summed E-state index contributed by atoms with van der Waals surface area (Å²) in [7, 11) is -3.70. The van der Waals surface area contributed by atoms with Gasteiger partial charge in [0.25, 0.3) is 5.89 Å². The van der Waals surface area contributed by atoms with Crippen molar-refractivity contribution in [1.82, 2.24) is 24.9 Å². The number of aliphatic hydroxyl groups excluding tert-OH is 1. The lowest BCUT2D eigenvalue weighted by Gasteiger charge is -2.07. The molecule has 4 aromatic rings. The summed E-state index contributed by atoms with van der Waals surface area (Å²) in [5, 5.41) is 16.9. The van der Waals surface area contributed by atoms with E-state index >= 15 is 0 Å². The van der Waals surface area contributed by atoms with Crippen molar-refractivity contribution in [1.29, 1.82) is 0 Å². The van der Waals surface area contributed by atoms with Crippen LogP contribution in [0, 0.1) is 0 Å². The first-order valence-electron chi connectivity index (χ1n) is 9.21. The normalized spacial score (nSPS) is 11.5. The lowest BCUT2D eigenvalue weighted by atomic mass is 10.1. The van der Waals surface area contributed by atoms with Gasteiger partial charge in [-0.15, -0.1) is 10.2 Å². The number of nitrogens with one attached hydrogen (secondary N) is 1. The van der Waals surface area contributed by atoms with Gasteiger partial charge in [0, 0.05) is 23.4 Å². The molecule has 166 valence electrons. The first-order valence-corrected chi connectivity index (χ1v) is 10.7. The van der Waals surface area contributed by atoms with Crippen LogP contribution in [-0.4, -0.2) is 46.8 Å². The second-order valence-corrected chi connectivity index (χ2v) is 8.18. The summed E-state index contributed by atoms with van der Waals surface area (Å²) in [6, 6.07) is 15.4. The lowest BCUT2D eigenvalue weighted by Crippen LogP contribution is -2.26. The van der Waals surface area contributed by atoms with Crippen molar-refractivity contribution < 1.29 is 23.6 Å². The largest absolute Gasteiger partial charge is 0.414 e. The van der Waals surface area contributed by atoms with E-state index in [0.29, 0.717) is 17.1 Å². The molecule has 4 rings (SSSR count). The van der Waals surface area contributed by atoms with Crippen molar-refractivity contribution in [2.24, 2.45) is 0 Å². The van der Waals surface area contributed by atoms with E-state index in [1.165, 1.54) is 18.3 Å². The van der Waals surface area contributed by atoms with Crippen LogP contribution >= 0.6 is 0 Å². The Morgan fingerprint density at radius 3 is 2.42 bits per heavy atom. The average Bonchev–Trinajstić information content (AvgIpc) is 3.29. The van der Waals surface area contributed by atoms with Crippen LogP contribution in [0.1, 0.15) is 5.71 Å². The van der Waals surface area contributed by atoms with Crippen LogP contribution < -0.4 is 10.5 Å². The number of aliphatic hydroxyl groups is 1. The third kappa shape index (κ3) is 4.43. The molecule has 0 fully saturated rings. The van der Waals surface area contributed by atoms with Gasteiger partial charge in [-0.2, -0.15) is 0 Å². The highest BCUT2D eigenvalue weighted by Gasteiger charge is 2.18. The molecule has 2 heterocycles. The molecular weight excluding hydrogens is 420 g/mol. The topological polar surface area (TPSA) is 157 Å². The second kappa shape index (κ2) is 8.60. The van der Waals surface area contributed by atoms with Crippen LogP contribution in [0.3, 0.4) is 0 Å². The van der Waals surface area contributed by atoms with Crippen molar-refractivity contribution in [3.05, 3.63) is 60.8 Å². The number of nitrogens with zero attached hydrogens (tertiary/aromatic N) is 4. The van der Waals surface area contributed by atoms with Crippen molar-refractivity contribution in [3.8, 4) is 34.3 Å². The fourth-order valence-corrected chi connectivity index (χ4v) is 3.80. The van der Waals surface area contributed by atoms with Crippen LogP contribution in [0.2, 0.25) is 0 Å². The highest BCUT2D eigenvalue weighted by atomic mass is 32.2. The van der Waals surface area contributed by atoms with E-state index in [1.54, 1.807) is 12.1 Å². The third-order valence-corrected chi connectivity index (χ3v) is 5.79. The Labute approximate surface area is 183 Å². The molecular formula is C20H26N6O4S. The van der Waals surface area contributed by atoms with E-state index in [-0.39, 0.29) is 41.2 Å². The Morgan fingerprint density at radius 1 is 1.00 bits per heavy atom. The highest BCUT2D eigenvalue weighted by Crippen LogP contribution is 2.28. The molecule has 10 nitrogen and oxygen atoms in total. The number of sulfonamides is 1. The van der Waals surface area contributed by atoms with Gasteiger partial charge in [-0.25, -0.2) is 23.1 Å². The molecule has 0 aliphatic heterocycles.